The largest absolute Gasteiger partial charge is 0.495 e. The molecule has 0 unspecified atom stereocenters. The first kappa shape index (κ1) is 18.9. The van der Waals surface area contributed by atoms with Crippen LogP contribution in [0, 0.1) is 11.3 Å². The van der Waals surface area contributed by atoms with Crippen molar-refractivity contribution in [2.75, 3.05) is 30.4 Å². The van der Waals surface area contributed by atoms with Gasteiger partial charge in [-0.3, -0.25) is 4.79 Å². The predicted molar refractivity (Wildman–Crippen MR) is 105 cm³/mol. The third-order valence-electron chi connectivity index (χ3n) is 4.34. The molecule has 0 aliphatic carbocycles. The molecule has 0 bridgehead atoms. The molecule has 0 atom stereocenters. The quantitative estimate of drug-likeness (QED) is 0.606. The molecule has 1 amide bonds. The molecule has 27 heavy (non-hydrogen) atoms. The summed E-state index contributed by atoms with van der Waals surface area (Å²) in [6.45, 7) is 1.91. The molecule has 7 heteroatoms. The second-order valence-corrected chi connectivity index (χ2v) is 6.63. The number of piperidine rings is 1. The lowest BCUT2D eigenvalue weighted by Gasteiger charge is -2.25. The molecule has 1 aliphatic heterocycles. The zero-order chi connectivity index (χ0) is 19.2. The van der Waals surface area contributed by atoms with Gasteiger partial charge in [-0.1, -0.05) is 11.6 Å². The second-order valence-electron chi connectivity index (χ2n) is 6.19. The molecule has 0 radical (unpaired) electrons. The van der Waals surface area contributed by atoms with E-state index in [0.29, 0.717) is 22.2 Å². The van der Waals surface area contributed by atoms with Crippen molar-refractivity contribution in [1.82, 2.24) is 0 Å². The summed E-state index contributed by atoms with van der Waals surface area (Å²) in [4.78, 5) is 14.7. The normalized spacial score (nSPS) is 14.6. The van der Waals surface area contributed by atoms with Gasteiger partial charge in [-0.25, -0.2) is 0 Å². The Bertz CT molecular complexity index is 892. The average molecular weight is 386 g/mol. The van der Waals surface area contributed by atoms with Crippen molar-refractivity contribution in [2.45, 2.75) is 19.3 Å². The number of amides is 1. The summed E-state index contributed by atoms with van der Waals surface area (Å²) in [5, 5.41) is 12.5. The standard InChI is InChI=1S/C20H20ClN3O3/c1-26-18-7-5-15(21)12-17(18)23-20(25)14(13-22)11-16-6-8-19(27-16)24-9-3-2-4-10-24/h5-8,11-12H,2-4,9-10H2,1H3,(H,23,25)/b14-11+. The van der Waals surface area contributed by atoms with E-state index >= 15 is 0 Å². The number of rotatable bonds is 5. The molecule has 1 N–H and O–H groups in total. The Morgan fingerprint density at radius 3 is 2.78 bits per heavy atom. The second kappa shape index (κ2) is 8.65. The van der Waals surface area contributed by atoms with Gasteiger partial charge in [-0.15, -0.1) is 0 Å². The lowest BCUT2D eigenvalue weighted by atomic mass is 10.1. The fourth-order valence-electron chi connectivity index (χ4n) is 2.96. The van der Waals surface area contributed by atoms with E-state index in [4.69, 9.17) is 20.8 Å². The summed E-state index contributed by atoms with van der Waals surface area (Å²) in [5.41, 5.74) is 0.321. The van der Waals surface area contributed by atoms with Crippen molar-refractivity contribution in [3.63, 3.8) is 0 Å². The highest BCUT2D eigenvalue weighted by Crippen LogP contribution is 2.28. The molecule has 1 aromatic carbocycles. The molecule has 1 fully saturated rings. The van der Waals surface area contributed by atoms with Crippen LogP contribution in [0.3, 0.4) is 0 Å². The summed E-state index contributed by atoms with van der Waals surface area (Å²) in [5.74, 6) is 1.11. The van der Waals surface area contributed by atoms with E-state index in [9.17, 15) is 10.1 Å². The first-order valence-electron chi connectivity index (χ1n) is 8.72. The molecular weight excluding hydrogens is 366 g/mol. The van der Waals surface area contributed by atoms with Crippen LogP contribution in [0.5, 0.6) is 5.75 Å². The van der Waals surface area contributed by atoms with Gasteiger partial charge in [0.25, 0.3) is 5.91 Å². The number of halogens is 1. The Morgan fingerprint density at radius 2 is 2.07 bits per heavy atom. The topological polar surface area (TPSA) is 78.5 Å². The first-order valence-corrected chi connectivity index (χ1v) is 9.10. The molecule has 140 valence electrons. The molecule has 1 aromatic heterocycles. The van der Waals surface area contributed by atoms with Crippen molar-refractivity contribution in [1.29, 1.82) is 5.26 Å². The zero-order valence-corrected chi connectivity index (χ0v) is 15.8. The molecule has 2 aromatic rings. The molecule has 1 aliphatic rings. The molecular formula is C20H20ClN3O3. The number of nitriles is 1. The van der Waals surface area contributed by atoms with Crippen molar-refractivity contribution < 1.29 is 13.9 Å². The van der Waals surface area contributed by atoms with Gasteiger partial charge in [-0.2, -0.15) is 5.26 Å². The van der Waals surface area contributed by atoms with Crippen molar-refractivity contribution >= 4 is 35.2 Å². The summed E-state index contributed by atoms with van der Waals surface area (Å²) in [6, 6.07) is 10.4. The predicted octanol–water partition coefficient (Wildman–Crippen LogP) is 4.48. The van der Waals surface area contributed by atoms with E-state index in [1.807, 2.05) is 12.1 Å². The number of nitrogens with zero attached hydrogens (tertiary/aromatic N) is 2. The van der Waals surface area contributed by atoms with E-state index in [0.717, 1.165) is 31.8 Å². The van der Waals surface area contributed by atoms with Gasteiger partial charge >= 0.3 is 0 Å². The number of ether oxygens (including phenoxy) is 1. The number of anilines is 2. The van der Waals surface area contributed by atoms with Crippen LogP contribution in [0.1, 0.15) is 25.0 Å². The zero-order valence-electron chi connectivity index (χ0n) is 15.0. The van der Waals surface area contributed by atoms with Crippen LogP contribution in [0.4, 0.5) is 11.6 Å². The Morgan fingerprint density at radius 1 is 1.30 bits per heavy atom. The highest BCUT2D eigenvalue weighted by Gasteiger charge is 2.16. The first-order chi connectivity index (χ1) is 13.1. The van der Waals surface area contributed by atoms with Gasteiger partial charge in [0.1, 0.15) is 23.2 Å². The Labute approximate surface area is 163 Å². The number of carbonyl (C=O) groups excluding carboxylic acids is 1. The number of furan rings is 1. The smallest absolute Gasteiger partial charge is 0.266 e. The average Bonchev–Trinajstić information content (AvgIpc) is 3.15. The number of hydrogen-bond acceptors (Lipinski definition) is 5. The fourth-order valence-corrected chi connectivity index (χ4v) is 3.13. The van der Waals surface area contributed by atoms with Crippen LogP contribution < -0.4 is 15.0 Å². The van der Waals surface area contributed by atoms with Crippen molar-refractivity contribution in [3.8, 4) is 11.8 Å². The summed E-state index contributed by atoms with van der Waals surface area (Å²) < 4.78 is 11.0. The van der Waals surface area contributed by atoms with Gasteiger partial charge in [0, 0.05) is 30.3 Å². The molecule has 2 heterocycles. The van der Waals surface area contributed by atoms with Gasteiger partial charge in [0.05, 0.1) is 12.8 Å². The summed E-state index contributed by atoms with van der Waals surface area (Å²) >= 11 is 5.97. The van der Waals surface area contributed by atoms with Crippen LogP contribution in [-0.4, -0.2) is 26.1 Å². The number of benzene rings is 1. The lowest BCUT2D eigenvalue weighted by molar-refractivity contribution is -0.112. The van der Waals surface area contributed by atoms with Gasteiger partial charge in [0.2, 0.25) is 0 Å². The Hall–Kier alpha value is -2.91. The number of methoxy groups -OCH3 is 1. The maximum Gasteiger partial charge on any atom is 0.266 e. The highest BCUT2D eigenvalue weighted by molar-refractivity contribution is 6.31. The third kappa shape index (κ3) is 4.63. The molecule has 0 saturated carbocycles. The lowest BCUT2D eigenvalue weighted by Crippen LogP contribution is -2.28. The minimum atomic E-state index is -0.561. The van der Waals surface area contributed by atoms with Gasteiger partial charge in [-0.05, 0) is 43.5 Å². The number of carbonyl (C=O) groups is 1. The van der Waals surface area contributed by atoms with E-state index in [1.165, 1.54) is 19.6 Å². The van der Waals surface area contributed by atoms with E-state index < -0.39 is 5.91 Å². The molecule has 1 saturated heterocycles. The van der Waals surface area contributed by atoms with Crippen molar-refractivity contribution in [3.05, 3.63) is 46.7 Å². The minimum absolute atomic E-state index is 0.0726. The van der Waals surface area contributed by atoms with E-state index in [-0.39, 0.29) is 5.57 Å². The van der Waals surface area contributed by atoms with Crippen molar-refractivity contribution in [2.24, 2.45) is 0 Å². The van der Waals surface area contributed by atoms with Crippen LogP contribution in [0.2, 0.25) is 5.02 Å². The highest BCUT2D eigenvalue weighted by atomic mass is 35.5. The molecule has 6 nitrogen and oxygen atoms in total. The SMILES string of the molecule is COc1ccc(Cl)cc1NC(=O)/C(C#N)=C/c1ccc(N2CCCCC2)o1. The van der Waals surface area contributed by atoms with E-state index in [1.54, 1.807) is 24.3 Å². The van der Waals surface area contributed by atoms with Crippen LogP contribution in [0.25, 0.3) is 6.08 Å². The number of nitrogens with one attached hydrogen (secondary N) is 1. The maximum absolute atomic E-state index is 12.5. The van der Waals surface area contributed by atoms with E-state index in [2.05, 4.69) is 10.2 Å². The maximum atomic E-state index is 12.5. The van der Waals surface area contributed by atoms with Crippen LogP contribution in [-0.2, 0) is 4.79 Å². The summed E-state index contributed by atoms with van der Waals surface area (Å²) in [6.07, 6.45) is 4.94. The third-order valence-corrected chi connectivity index (χ3v) is 4.58. The Kier molecular flexibility index (Phi) is 6.05. The fraction of sp³-hybridized carbons (Fsp3) is 0.300. The van der Waals surface area contributed by atoms with Crippen LogP contribution in [0.15, 0.2) is 40.3 Å². The van der Waals surface area contributed by atoms with Gasteiger partial charge < -0.3 is 19.4 Å². The number of hydrogen-bond donors (Lipinski definition) is 1. The molecule has 3 rings (SSSR count). The monoisotopic (exact) mass is 385 g/mol. The van der Waals surface area contributed by atoms with Gasteiger partial charge in [0.15, 0.2) is 5.88 Å². The summed E-state index contributed by atoms with van der Waals surface area (Å²) in [7, 11) is 1.49. The van der Waals surface area contributed by atoms with Crippen LogP contribution >= 0.6 is 11.6 Å². The molecule has 0 spiro atoms. The minimum Gasteiger partial charge on any atom is -0.495 e. The Balaban J connectivity index is 1.76.